The second kappa shape index (κ2) is 24000. The molecule has 0 fully saturated rings. The Kier molecular flexibility index (Phi) is 80300000. The van der Waals surface area contributed by atoms with Crippen LogP contribution in [0.1, 0.15) is 0 Å². The maximum absolute atomic E-state index is 0. The van der Waals surface area contributed by atoms with Gasteiger partial charge in [-0.05, 0) is 0 Å². The molecule has 10 heavy (non-hydrogen) atoms. The van der Waals surface area contributed by atoms with Crippen molar-refractivity contribution in [3.63, 3.8) is 0 Å². The van der Waals surface area contributed by atoms with E-state index in [1.807, 2.05) is 0 Å². The zero-order valence-corrected chi connectivity index (χ0v) is 5.96. The van der Waals surface area contributed by atoms with Gasteiger partial charge in [-0.3, -0.25) is 0 Å². The third-order valence-electron chi connectivity index (χ3n) is 0. The Bertz CT molecular complexity index is 4.69. The summed E-state index contributed by atoms with van der Waals surface area (Å²) in [5.41, 5.74) is 0. The fourth-order valence-corrected chi connectivity index (χ4v) is 0. The van der Waals surface area contributed by atoms with E-state index in [9.17, 15) is 0 Å². The zero-order valence-electron chi connectivity index (χ0n) is 4.85. The van der Waals surface area contributed by atoms with Crippen LogP contribution in [0.5, 0.6) is 0 Å². The zero-order chi connectivity index (χ0) is 0. The standard InChI is InChI=1S/Fe.9H2O/h;9*1H2/q+3;;;;;;;;;. The van der Waals surface area contributed by atoms with Crippen molar-refractivity contribution < 1.29 is 66.4 Å². The first kappa shape index (κ1) is 33500. The van der Waals surface area contributed by atoms with Crippen molar-refractivity contribution in [1.29, 1.82) is 0 Å². The fourth-order valence-electron chi connectivity index (χ4n) is 0. The third kappa shape index (κ3) is 16400. The van der Waals surface area contributed by atoms with Crippen LogP contribution in [0.15, 0.2) is 0 Å². The summed E-state index contributed by atoms with van der Waals surface area (Å²) in [5, 5.41) is 0. The molecule has 0 aromatic rings. The predicted molar refractivity (Wildman–Crippen MR) is 32.5 cm³/mol. The summed E-state index contributed by atoms with van der Waals surface area (Å²) in [6.45, 7) is 0. The summed E-state index contributed by atoms with van der Waals surface area (Å²) in [6, 6.07) is 0. The van der Waals surface area contributed by atoms with Gasteiger partial charge in [-0.2, -0.15) is 0 Å². The van der Waals surface area contributed by atoms with Crippen LogP contribution in [0.3, 0.4) is 0 Å². The van der Waals surface area contributed by atoms with Gasteiger partial charge in [0.1, 0.15) is 0 Å². The van der Waals surface area contributed by atoms with E-state index in [2.05, 4.69) is 0 Å². The Morgan fingerprint density at radius 3 is 0.200 bits per heavy atom. The van der Waals surface area contributed by atoms with E-state index in [4.69, 9.17) is 0 Å². The smallest absolute Gasteiger partial charge is 0.412 e. The van der Waals surface area contributed by atoms with Crippen LogP contribution >= 0.6 is 0 Å². The summed E-state index contributed by atoms with van der Waals surface area (Å²) >= 11 is 0. The summed E-state index contributed by atoms with van der Waals surface area (Å²) in [5.74, 6) is 0. The van der Waals surface area contributed by atoms with Crippen LogP contribution < -0.4 is 0 Å². The van der Waals surface area contributed by atoms with Gasteiger partial charge in [-0.1, -0.05) is 0 Å². The van der Waals surface area contributed by atoms with Gasteiger partial charge in [0.25, 0.3) is 0 Å². The van der Waals surface area contributed by atoms with Crippen molar-refractivity contribution in [2.24, 2.45) is 0 Å². The summed E-state index contributed by atoms with van der Waals surface area (Å²) < 4.78 is 0. The molecular weight excluding hydrogens is 200 g/mol. The van der Waals surface area contributed by atoms with Crippen molar-refractivity contribution in [3.05, 3.63) is 0 Å². The molecule has 0 rings (SSSR count). The van der Waals surface area contributed by atoms with Crippen LogP contribution in [0.25, 0.3) is 0 Å². The molecule has 0 spiro atoms. The molecule has 0 bridgehead atoms. The van der Waals surface area contributed by atoms with Gasteiger partial charge in [0, 0.05) is 0 Å². The average molecular weight is 218 g/mol. The predicted octanol–water partition coefficient (Wildman–Crippen LogP) is -7.42. The maximum atomic E-state index is 0. The maximum Gasteiger partial charge on any atom is 3.00 e. The molecule has 0 amide bonds. The van der Waals surface area contributed by atoms with Crippen molar-refractivity contribution in [1.82, 2.24) is 0 Å². The molecule has 0 saturated heterocycles. The monoisotopic (exact) mass is 218 g/mol. The second-order valence-electron chi connectivity index (χ2n) is 0. The Hall–Kier alpha value is 0.159. The normalized spacial score (nSPS) is 0. The van der Waals surface area contributed by atoms with Crippen LogP contribution in [0, 0.1) is 0 Å². The molecule has 9 nitrogen and oxygen atoms in total. The molecule has 0 unspecified atom stereocenters. The van der Waals surface area contributed by atoms with Gasteiger partial charge in [0.15, 0.2) is 0 Å². The van der Waals surface area contributed by atoms with Crippen molar-refractivity contribution in [2.45, 2.75) is 0 Å². The van der Waals surface area contributed by atoms with E-state index in [1.165, 1.54) is 0 Å². The van der Waals surface area contributed by atoms with E-state index in [0.29, 0.717) is 0 Å². The van der Waals surface area contributed by atoms with Gasteiger partial charge < -0.3 is 49.3 Å². The van der Waals surface area contributed by atoms with Crippen molar-refractivity contribution >= 4 is 0 Å². The summed E-state index contributed by atoms with van der Waals surface area (Å²) in [6.07, 6.45) is 0. The molecule has 0 atom stereocenters. The molecular formula is H18FeO9+3. The molecule has 77 valence electrons. The van der Waals surface area contributed by atoms with E-state index in [1.54, 1.807) is 0 Å². The fraction of sp³-hybridized carbons (Fsp3) is 0. The Labute approximate surface area is 67.3 Å². The minimum Gasteiger partial charge on any atom is -0.412 e. The van der Waals surface area contributed by atoms with Crippen molar-refractivity contribution in [2.75, 3.05) is 0 Å². The number of hydrogen-bond donors (Lipinski definition) is 0. The van der Waals surface area contributed by atoms with Crippen LogP contribution in [-0.2, 0) is 17.1 Å². The molecule has 0 aliphatic heterocycles. The van der Waals surface area contributed by atoms with Crippen LogP contribution in [0.4, 0.5) is 0 Å². The molecule has 0 heterocycles. The van der Waals surface area contributed by atoms with Gasteiger partial charge in [-0.25, -0.2) is 0 Å². The van der Waals surface area contributed by atoms with Gasteiger partial charge in [0.05, 0.1) is 0 Å². The van der Waals surface area contributed by atoms with Gasteiger partial charge in [-0.15, -0.1) is 0 Å². The molecule has 0 aliphatic carbocycles. The molecule has 0 aromatic carbocycles. The minimum atomic E-state index is 0. The SMILES string of the molecule is O.O.O.O.O.O.O.O.O.[Fe+3]. The van der Waals surface area contributed by atoms with E-state index >= 15 is 0 Å². The quantitative estimate of drug-likeness (QED) is 0.342. The van der Waals surface area contributed by atoms with Crippen LogP contribution in [0.2, 0.25) is 0 Å². The molecule has 18 N–H and O–H groups in total. The Balaban J connectivity index is 0. The molecule has 1 radical (unpaired) electrons. The first-order chi connectivity index (χ1) is 0. The first-order valence-corrected chi connectivity index (χ1v) is 0. The largest absolute Gasteiger partial charge is 3.00 e. The second-order valence-corrected chi connectivity index (χ2v) is 0. The van der Waals surface area contributed by atoms with E-state index in [-0.39, 0.29) is 66.4 Å². The molecule has 0 aromatic heterocycles. The van der Waals surface area contributed by atoms with Crippen molar-refractivity contribution in [3.8, 4) is 0 Å². The van der Waals surface area contributed by atoms with Gasteiger partial charge in [0.2, 0.25) is 0 Å². The first-order valence-electron chi connectivity index (χ1n) is 0. The molecule has 10 heteroatoms. The summed E-state index contributed by atoms with van der Waals surface area (Å²) in [7, 11) is 0. The van der Waals surface area contributed by atoms with Crippen LogP contribution in [-0.4, -0.2) is 49.3 Å². The van der Waals surface area contributed by atoms with E-state index in [0.717, 1.165) is 0 Å². The minimum absolute atomic E-state index is 0. The topological polar surface area (TPSA) is 284 Å². The average Bonchev–Trinajstić information content (AvgIpc) is 0. The number of rotatable bonds is 0. The number of hydrogen-bond acceptors (Lipinski definition) is 0. The van der Waals surface area contributed by atoms with Gasteiger partial charge >= 0.3 is 17.1 Å². The third-order valence-corrected chi connectivity index (χ3v) is 0. The Morgan fingerprint density at radius 2 is 0.200 bits per heavy atom. The Morgan fingerprint density at radius 1 is 0.200 bits per heavy atom. The molecule has 0 saturated carbocycles. The molecule has 0 aliphatic rings. The van der Waals surface area contributed by atoms with E-state index < -0.39 is 0 Å². The summed E-state index contributed by atoms with van der Waals surface area (Å²) in [4.78, 5) is 0.